The first-order valence-corrected chi connectivity index (χ1v) is 12.2. The summed E-state index contributed by atoms with van der Waals surface area (Å²) in [5, 5.41) is 3.17. The molecule has 2 amide bonds. The lowest BCUT2D eigenvalue weighted by atomic mass is 9.95. The van der Waals surface area contributed by atoms with Crippen LogP contribution in [0.3, 0.4) is 0 Å². The molecule has 5 nitrogen and oxygen atoms in total. The summed E-state index contributed by atoms with van der Waals surface area (Å²) < 4.78 is 5.80. The van der Waals surface area contributed by atoms with E-state index in [4.69, 9.17) is 4.74 Å². The molecule has 178 valence electrons. The molecule has 0 aromatic heterocycles. The Morgan fingerprint density at radius 3 is 2.21 bits per heavy atom. The topological polar surface area (TPSA) is 58.6 Å². The minimum atomic E-state index is -0.576. The zero-order valence-corrected chi connectivity index (χ0v) is 20.5. The number of carbonyl (C=O) groups is 2. The molecule has 1 aliphatic carbocycles. The fourth-order valence-electron chi connectivity index (χ4n) is 4.22. The number of ether oxygens (including phenoxy) is 1. The Kier molecular flexibility index (Phi) is 8.93. The van der Waals surface area contributed by atoms with Gasteiger partial charge in [-0.05, 0) is 55.9 Å². The highest BCUT2D eigenvalue weighted by Gasteiger charge is 2.28. The Balaban J connectivity index is 1.68. The zero-order chi connectivity index (χ0) is 23.8. The van der Waals surface area contributed by atoms with Gasteiger partial charge in [0.15, 0.2) is 6.61 Å². The predicted octanol–water partition coefficient (Wildman–Crippen LogP) is 5.36. The van der Waals surface area contributed by atoms with Crippen molar-refractivity contribution in [3.63, 3.8) is 0 Å². The molecule has 0 aliphatic heterocycles. The van der Waals surface area contributed by atoms with E-state index in [0.717, 1.165) is 36.8 Å². The van der Waals surface area contributed by atoms with Crippen molar-refractivity contribution >= 4 is 11.8 Å². The maximum Gasteiger partial charge on any atom is 0.261 e. The van der Waals surface area contributed by atoms with Crippen molar-refractivity contribution in [3.05, 3.63) is 65.2 Å². The minimum Gasteiger partial charge on any atom is -0.484 e. The van der Waals surface area contributed by atoms with Gasteiger partial charge in [-0.2, -0.15) is 0 Å². The molecule has 2 aromatic carbocycles. The van der Waals surface area contributed by atoms with Crippen molar-refractivity contribution in [2.24, 2.45) is 0 Å². The van der Waals surface area contributed by atoms with Crippen molar-refractivity contribution < 1.29 is 14.3 Å². The van der Waals surface area contributed by atoms with Crippen molar-refractivity contribution in [3.8, 4) is 5.75 Å². The summed E-state index contributed by atoms with van der Waals surface area (Å²) >= 11 is 0. The van der Waals surface area contributed by atoms with Crippen molar-refractivity contribution in [2.75, 3.05) is 6.61 Å². The smallest absolute Gasteiger partial charge is 0.261 e. The van der Waals surface area contributed by atoms with Crippen LogP contribution in [0, 0.1) is 6.92 Å². The van der Waals surface area contributed by atoms with Crippen LogP contribution < -0.4 is 10.1 Å². The second-order valence-corrected chi connectivity index (χ2v) is 9.54. The summed E-state index contributed by atoms with van der Waals surface area (Å²) in [6.07, 6.45) is 5.55. The first-order chi connectivity index (χ1) is 15.8. The number of hydrogen-bond donors (Lipinski definition) is 1. The molecular formula is C28H38N2O3. The number of nitrogens with one attached hydrogen (secondary N) is 1. The third kappa shape index (κ3) is 7.34. The first-order valence-electron chi connectivity index (χ1n) is 12.2. The van der Waals surface area contributed by atoms with Crippen LogP contribution in [-0.4, -0.2) is 35.4 Å². The monoisotopic (exact) mass is 450 g/mol. The van der Waals surface area contributed by atoms with Gasteiger partial charge in [-0.1, -0.05) is 75.1 Å². The summed E-state index contributed by atoms with van der Waals surface area (Å²) in [7, 11) is 0. The van der Waals surface area contributed by atoms with Gasteiger partial charge in [-0.3, -0.25) is 9.59 Å². The maximum absolute atomic E-state index is 13.2. The SMILES string of the molecule is Cc1ccc(CN(C(=O)COc2ccc(C(C)C)cc2)C(C)C(=O)NC2CCCCC2)cc1. The molecule has 1 aliphatic rings. The summed E-state index contributed by atoms with van der Waals surface area (Å²) in [5.41, 5.74) is 3.38. The Morgan fingerprint density at radius 2 is 1.61 bits per heavy atom. The summed E-state index contributed by atoms with van der Waals surface area (Å²) in [6.45, 7) is 8.39. The van der Waals surface area contributed by atoms with Crippen LogP contribution in [0.4, 0.5) is 0 Å². The van der Waals surface area contributed by atoms with Gasteiger partial charge in [0.25, 0.3) is 5.91 Å². The molecule has 0 spiro atoms. The molecule has 0 saturated heterocycles. The molecule has 1 N–H and O–H groups in total. The fourth-order valence-corrected chi connectivity index (χ4v) is 4.22. The second kappa shape index (κ2) is 11.9. The van der Waals surface area contributed by atoms with Gasteiger partial charge in [-0.15, -0.1) is 0 Å². The average molecular weight is 451 g/mol. The molecule has 0 heterocycles. The van der Waals surface area contributed by atoms with Crippen molar-refractivity contribution in [1.82, 2.24) is 10.2 Å². The predicted molar refractivity (Wildman–Crippen MR) is 132 cm³/mol. The summed E-state index contributed by atoms with van der Waals surface area (Å²) in [6, 6.07) is 15.5. The molecular weight excluding hydrogens is 412 g/mol. The Bertz CT molecular complexity index is 900. The lowest BCUT2D eigenvalue weighted by Gasteiger charge is -2.31. The molecule has 0 bridgehead atoms. The van der Waals surface area contributed by atoms with E-state index in [9.17, 15) is 9.59 Å². The van der Waals surface area contributed by atoms with E-state index < -0.39 is 6.04 Å². The van der Waals surface area contributed by atoms with E-state index in [-0.39, 0.29) is 24.5 Å². The number of rotatable bonds is 9. The highest BCUT2D eigenvalue weighted by molar-refractivity contribution is 5.88. The Labute approximate surface area is 198 Å². The molecule has 0 radical (unpaired) electrons. The van der Waals surface area contributed by atoms with Crippen molar-refractivity contribution in [1.29, 1.82) is 0 Å². The van der Waals surface area contributed by atoms with Gasteiger partial charge in [0.1, 0.15) is 11.8 Å². The van der Waals surface area contributed by atoms with Crippen LogP contribution in [-0.2, 0) is 16.1 Å². The number of benzene rings is 2. The highest BCUT2D eigenvalue weighted by Crippen LogP contribution is 2.20. The molecule has 1 fully saturated rings. The van der Waals surface area contributed by atoms with Crippen LogP contribution in [0.5, 0.6) is 5.75 Å². The number of hydrogen-bond acceptors (Lipinski definition) is 3. The third-order valence-corrected chi connectivity index (χ3v) is 6.50. The maximum atomic E-state index is 13.2. The van der Waals surface area contributed by atoms with E-state index in [0.29, 0.717) is 18.2 Å². The first kappa shape index (κ1) is 24.8. The zero-order valence-electron chi connectivity index (χ0n) is 20.5. The van der Waals surface area contributed by atoms with Crippen LogP contribution in [0.25, 0.3) is 0 Å². The quantitative estimate of drug-likeness (QED) is 0.559. The van der Waals surface area contributed by atoms with E-state index >= 15 is 0 Å². The molecule has 2 aromatic rings. The van der Waals surface area contributed by atoms with Gasteiger partial charge in [0.2, 0.25) is 5.91 Å². The van der Waals surface area contributed by atoms with Gasteiger partial charge in [0, 0.05) is 12.6 Å². The number of aryl methyl sites for hydroxylation is 1. The van der Waals surface area contributed by atoms with Crippen LogP contribution in [0.15, 0.2) is 48.5 Å². The number of nitrogens with zero attached hydrogens (tertiary/aromatic N) is 1. The minimum absolute atomic E-state index is 0.0938. The van der Waals surface area contributed by atoms with Gasteiger partial charge >= 0.3 is 0 Å². The normalized spacial score (nSPS) is 15.2. The Hall–Kier alpha value is -2.82. The number of amides is 2. The van der Waals surface area contributed by atoms with Gasteiger partial charge in [-0.25, -0.2) is 0 Å². The molecule has 1 saturated carbocycles. The second-order valence-electron chi connectivity index (χ2n) is 9.54. The van der Waals surface area contributed by atoms with Crippen LogP contribution in [0.1, 0.15) is 75.5 Å². The van der Waals surface area contributed by atoms with Gasteiger partial charge in [0.05, 0.1) is 0 Å². The van der Waals surface area contributed by atoms with E-state index in [1.54, 1.807) is 4.90 Å². The van der Waals surface area contributed by atoms with Crippen LogP contribution in [0.2, 0.25) is 0 Å². The summed E-state index contributed by atoms with van der Waals surface area (Å²) in [4.78, 5) is 27.9. The third-order valence-electron chi connectivity index (χ3n) is 6.50. The molecule has 1 unspecified atom stereocenters. The molecule has 33 heavy (non-hydrogen) atoms. The lowest BCUT2D eigenvalue weighted by molar-refractivity contribution is -0.142. The van der Waals surface area contributed by atoms with E-state index in [1.165, 1.54) is 12.0 Å². The van der Waals surface area contributed by atoms with Crippen LogP contribution >= 0.6 is 0 Å². The van der Waals surface area contributed by atoms with E-state index in [2.05, 4.69) is 19.2 Å². The average Bonchev–Trinajstić information content (AvgIpc) is 2.82. The highest BCUT2D eigenvalue weighted by atomic mass is 16.5. The lowest BCUT2D eigenvalue weighted by Crippen LogP contribution is -2.51. The standard InChI is InChI=1S/C28H38N2O3/c1-20(2)24-14-16-26(17-15-24)33-19-27(31)30(18-23-12-10-21(3)11-13-23)22(4)28(32)29-25-8-6-5-7-9-25/h10-17,20,22,25H,5-9,18-19H2,1-4H3,(H,29,32). The number of carbonyl (C=O) groups excluding carboxylic acids is 2. The van der Waals surface area contributed by atoms with Crippen molar-refractivity contribution in [2.45, 2.75) is 84.3 Å². The molecule has 1 atom stereocenters. The largest absolute Gasteiger partial charge is 0.484 e. The van der Waals surface area contributed by atoms with E-state index in [1.807, 2.05) is 62.4 Å². The molecule has 3 rings (SSSR count). The fraction of sp³-hybridized carbons (Fsp3) is 0.500. The Morgan fingerprint density at radius 1 is 0.970 bits per heavy atom. The molecule has 5 heteroatoms. The summed E-state index contributed by atoms with van der Waals surface area (Å²) in [5.74, 6) is 0.801. The van der Waals surface area contributed by atoms with Gasteiger partial charge < -0.3 is 15.0 Å².